The summed E-state index contributed by atoms with van der Waals surface area (Å²) in [5, 5.41) is 0.445. The van der Waals surface area contributed by atoms with Gasteiger partial charge in [0.05, 0.1) is 17.1 Å². The molecule has 0 radical (unpaired) electrons. The number of hydrogen-bond donors (Lipinski definition) is 0. The molecular weight excluding hydrogens is 354 g/mol. The van der Waals surface area contributed by atoms with Gasteiger partial charge in [-0.2, -0.15) is 0 Å². The summed E-state index contributed by atoms with van der Waals surface area (Å²) in [7, 11) is 0. The quantitative estimate of drug-likeness (QED) is 0.759. The minimum Gasteiger partial charge on any atom is -0.491 e. The molecule has 0 fully saturated rings. The van der Waals surface area contributed by atoms with Crippen LogP contribution in [0.5, 0.6) is 5.75 Å². The number of fused-ring (bicyclic) bond motifs is 1. The zero-order valence-corrected chi connectivity index (χ0v) is 13.5. The van der Waals surface area contributed by atoms with Crippen LogP contribution in [0.2, 0.25) is 5.02 Å². The number of nitrogens with zero attached hydrogens (tertiary/aromatic N) is 1. The predicted octanol–water partition coefficient (Wildman–Crippen LogP) is 4.14. The van der Waals surface area contributed by atoms with E-state index in [1.807, 2.05) is 36.4 Å². The molecule has 21 heavy (non-hydrogen) atoms. The fraction of sp³-hybridized carbons (Fsp3) is 0.188. The van der Waals surface area contributed by atoms with Gasteiger partial charge < -0.3 is 9.64 Å². The summed E-state index contributed by atoms with van der Waals surface area (Å²) < 4.78 is 6.41. The first-order valence-corrected chi connectivity index (χ1v) is 7.78. The third-order valence-corrected chi connectivity index (χ3v) is 4.72. The molecular formula is C16H13BrClNO2. The number of carbonyl (C=O) groups excluding carboxylic acids is 1. The second kappa shape index (κ2) is 6.08. The lowest BCUT2D eigenvalue weighted by molar-refractivity contribution is 0.0733. The standard InChI is InChI=1S/C16H13BrClNO2/c17-13-6-3-5-12(15(13)18)16(20)19-8-9-21-14-7-2-1-4-11(14)10-19/h1-7H,8-10H2. The van der Waals surface area contributed by atoms with E-state index in [0.717, 1.165) is 15.8 Å². The molecule has 1 heterocycles. The smallest absolute Gasteiger partial charge is 0.255 e. The first-order valence-electron chi connectivity index (χ1n) is 6.61. The van der Waals surface area contributed by atoms with Crippen molar-refractivity contribution in [3.63, 3.8) is 0 Å². The van der Waals surface area contributed by atoms with Crippen LogP contribution in [-0.2, 0) is 6.54 Å². The van der Waals surface area contributed by atoms with Crippen molar-refractivity contribution in [3.8, 4) is 5.75 Å². The van der Waals surface area contributed by atoms with Gasteiger partial charge in [-0.15, -0.1) is 0 Å². The highest BCUT2D eigenvalue weighted by Crippen LogP contribution is 2.29. The van der Waals surface area contributed by atoms with Gasteiger partial charge in [-0.3, -0.25) is 4.79 Å². The van der Waals surface area contributed by atoms with Gasteiger partial charge in [0, 0.05) is 16.6 Å². The molecule has 2 aromatic carbocycles. The maximum absolute atomic E-state index is 12.7. The van der Waals surface area contributed by atoms with Gasteiger partial charge in [0.15, 0.2) is 0 Å². The van der Waals surface area contributed by atoms with Crippen molar-refractivity contribution in [1.29, 1.82) is 0 Å². The highest BCUT2D eigenvalue weighted by molar-refractivity contribution is 9.10. The number of carbonyl (C=O) groups is 1. The molecule has 3 nitrogen and oxygen atoms in total. The average molecular weight is 367 g/mol. The van der Waals surface area contributed by atoms with E-state index in [0.29, 0.717) is 30.3 Å². The molecule has 0 saturated carbocycles. The molecule has 0 spiro atoms. The SMILES string of the molecule is O=C(c1cccc(Br)c1Cl)N1CCOc2ccccc2C1. The van der Waals surface area contributed by atoms with E-state index in [1.54, 1.807) is 11.0 Å². The number of halogens is 2. The fourth-order valence-corrected chi connectivity index (χ4v) is 2.91. The first-order chi connectivity index (χ1) is 10.2. The van der Waals surface area contributed by atoms with Crippen LogP contribution in [0.3, 0.4) is 0 Å². The van der Waals surface area contributed by atoms with Crippen molar-refractivity contribution >= 4 is 33.4 Å². The topological polar surface area (TPSA) is 29.5 Å². The molecule has 1 aliphatic heterocycles. The predicted molar refractivity (Wildman–Crippen MR) is 85.8 cm³/mol. The number of amides is 1. The van der Waals surface area contributed by atoms with E-state index in [-0.39, 0.29) is 5.91 Å². The van der Waals surface area contributed by atoms with Crippen molar-refractivity contribution in [2.45, 2.75) is 6.54 Å². The number of para-hydroxylation sites is 1. The Hall–Kier alpha value is -1.52. The van der Waals surface area contributed by atoms with Gasteiger partial charge >= 0.3 is 0 Å². The molecule has 108 valence electrons. The van der Waals surface area contributed by atoms with Crippen molar-refractivity contribution in [1.82, 2.24) is 4.90 Å². The van der Waals surface area contributed by atoms with Crippen LogP contribution in [0.15, 0.2) is 46.9 Å². The van der Waals surface area contributed by atoms with Crippen LogP contribution >= 0.6 is 27.5 Å². The molecule has 1 aliphatic rings. The van der Waals surface area contributed by atoms with Gasteiger partial charge in [0.2, 0.25) is 0 Å². The van der Waals surface area contributed by atoms with Gasteiger partial charge in [-0.1, -0.05) is 35.9 Å². The minimum absolute atomic E-state index is 0.0818. The Morgan fingerprint density at radius 2 is 2.00 bits per heavy atom. The van der Waals surface area contributed by atoms with Crippen LogP contribution in [0.4, 0.5) is 0 Å². The second-order valence-electron chi connectivity index (χ2n) is 4.78. The van der Waals surface area contributed by atoms with Crippen LogP contribution in [0, 0.1) is 0 Å². The molecule has 1 amide bonds. The first kappa shape index (κ1) is 14.4. The lowest BCUT2D eigenvalue weighted by atomic mass is 10.1. The Labute approximate surface area is 136 Å². The van der Waals surface area contributed by atoms with Crippen molar-refractivity contribution in [2.24, 2.45) is 0 Å². The lowest BCUT2D eigenvalue weighted by Crippen LogP contribution is -2.32. The van der Waals surface area contributed by atoms with Crippen LogP contribution in [-0.4, -0.2) is 24.0 Å². The van der Waals surface area contributed by atoms with Gasteiger partial charge in [0.25, 0.3) is 5.91 Å². The van der Waals surface area contributed by atoms with E-state index in [4.69, 9.17) is 16.3 Å². The molecule has 0 N–H and O–H groups in total. The van der Waals surface area contributed by atoms with Crippen molar-refractivity contribution < 1.29 is 9.53 Å². The monoisotopic (exact) mass is 365 g/mol. The molecule has 0 unspecified atom stereocenters. The lowest BCUT2D eigenvalue weighted by Gasteiger charge is -2.20. The van der Waals surface area contributed by atoms with E-state index >= 15 is 0 Å². The van der Waals surface area contributed by atoms with Gasteiger partial charge in [-0.05, 0) is 34.1 Å². The zero-order chi connectivity index (χ0) is 14.8. The Kier molecular flexibility index (Phi) is 4.17. The van der Waals surface area contributed by atoms with E-state index in [2.05, 4.69) is 15.9 Å². The van der Waals surface area contributed by atoms with E-state index < -0.39 is 0 Å². The molecule has 0 atom stereocenters. The summed E-state index contributed by atoms with van der Waals surface area (Å²) in [4.78, 5) is 14.5. The Balaban J connectivity index is 1.90. The number of hydrogen-bond acceptors (Lipinski definition) is 2. The summed E-state index contributed by atoms with van der Waals surface area (Å²) in [5.74, 6) is 0.759. The Bertz CT molecular complexity index is 690. The van der Waals surface area contributed by atoms with Crippen molar-refractivity contribution in [3.05, 3.63) is 63.1 Å². The minimum atomic E-state index is -0.0818. The second-order valence-corrected chi connectivity index (χ2v) is 6.02. The molecule has 3 rings (SSSR count). The summed E-state index contributed by atoms with van der Waals surface area (Å²) in [6.45, 7) is 1.54. The summed E-state index contributed by atoms with van der Waals surface area (Å²) in [6, 6.07) is 13.2. The molecule has 2 aromatic rings. The third kappa shape index (κ3) is 2.92. The summed E-state index contributed by atoms with van der Waals surface area (Å²) in [5.41, 5.74) is 1.51. The molecule has 0 saturated heterocycles. The highest BCUT2D eigenvalue weighted by Gasteiger charge is 2.23. The average Bonchev–Trinajstić information content (AvgIpc) is 2.71. The van der Waals surface area contributed by atoms with E-state index in [9.17, 15) is 4.79 Å². The Morgan fingerprint density at radius 3 is 2.86 bits per heavy atom. The third-order valence-electron chi connectivity index (χ3n) is 3.42. The number of rotatable bonds is 1. The number of benzene rings is 2. The van der Waals surface area contributed by atoms with E-state index in [1.165, 1.54) is 0 Å². The molecule has 0 aromatic heterocycles. The molecule has 0 bridgehead atoms. The maximum atomic E-state index is 12.7. The number of ether oxygens (including phenoxy) is 1. The summed E-state index contributed by atoms with van der Waals surface area (Å²) in [6.07, 6.45) is 0. The fourth-order valence-electron chi connectivity index (χ4n) is 2.34. The van der Waals surface area contributed by atoms with Gasteiger partial charge in [0.1, 0.15) is 12.4 Å². The maximum Gasteiger partial charge on any atom is 0.255 e. The molecule has 5 heteroatoms. The zero-order valence-electron chi connectivity index (χ0n) is 11.2. The normalized spacial score (nSPS) is 14.1. The van der Waals surface area contributed by atoms with Gasteiger partial charge in [-0.25, -0.2) is 0 Å². The highest BCUT2D eigenvalue weighted by atomic mass is 79.9. The largest absolute Gasteiger partial charge is 0.491 e. The molecule has 0 aliphatic carbocycles. The van der Waals surface area contributed by atoms with Crippen LogP contribution < -0.4 is 4.74 Å². The van der Waals surface area contributed by atoms with Crippen molar-refractivity contribution in [2.75, 3.05) is 13.2 Å². The van der Waals surface area contributed by atoms with Crippen LogP contribution in [0.25, 0.3) is 0 Å². The Morgan fingerprint density at radius 1 is 1.19 bits per heavy atom. The summed E-state index contributed by atoms with van der Waals surface area (Å²) >= 11 is 9.57. The van der Waals surface area contributed by atoms with Crippen LogP contribution in [0.1, 0.15) is 15.9 Å².